The third-order valence-corrected chi connectivity index (χ3v) is 1.38. The molecular weight excluding hydrogens is 178 g/mol. The first-order valence-electron chi connectivity index (χ1n) is 3.86. The third-order valence-electron chi connectivity index (χ3n) is 1.38. The van der Waals surface area contributed by atoms with E-state index < -0.39 is 0 Å². The van der Waals surface area contributed by atoms with Gasteiger partial charge in [-0.25, -0.2) is 0 Å². The molecule has 6 heteroatoms. The Balaban J connectivity index is 0.00000121. The van der Waals surface area contributed by atoms with Crippen molar-refractivity contribution in [2.75, 3.05) is 6.54 Å². The van der Waals surface area contributed by atoms with Crippen LogP contribution in [0.3, 0.4) is 0 Å². The number of H-pyrrole nitrogens is 1. The van der Waals surface area contributed by atoms with Crippen molar-refractivity contribution in [2.45, 2.75) is 26.3 Å². The average molecular weight is 192 g/mol. The van der Waals surface area contributed by atoms with E-state index in [1.165, 1.54) is 12.8 Å². The van der Waals surface area contributed by atoms with Crippen LogP contribution in [-0.4, -0.2) is 27.2 Å². The second kappa shape index (κ2) is 7.00. The highest BCUT2D eigenvalue weighted by Gasteiger charge is 1.94. The second-order valence-electron chi connectivity index (χ2n) is 2.36. The molecule has 1 aromatic heterocycles. The van der Waals surface area contributed by atoms with Gasteiger partial charge in [0.15, 0.2) is 5.82 Å². The van der Waals surface area contributed by atoms with Crippen molar-refractivity contribution < 1.29 is 0 Å². The van der Waals surface area contributed by atoms with Gasteiger partial charge in [-0.15, -0.1) is 22.6 Å². The Morgan fingerprint density at radius 1 is 1.50 bits per heavy atom. The molecular formula is C6H14ClN5. The van der Waals surface area contributed by atoms with Crippen molar-refractivity contribution in [1.29, 1.82) is 0 Å². The van der Waals surface area contributed by atoms with Crippen molar-refractivity contribution in [1.82, 2.24) is 25.9 Å². The van der Waals surface area contributed by atoms with Gasteiger partial charge in [0.05, 0.1) is 6.54 Å². The normalized spacial score (nSPS) is 9.42. The molecule has 0 fully saturated rings. The third kappa shape index (κ3) is 4.25. The number of aromatic nitrogens is 4. The molecule has 0 atom stereocenters. The summed E-state index contributed by atoms with van der Waals surface area (Å²) >= 11 is 0. The Morgan fingerprint density at radius 2 is 2.33 bits per heavy atom. The van der Waals surface area contributed by atoms with Crippen LogP contribution in [-0.2, 0) is 6.54 Å². The highest BCUT2D eigenvalue weighted by atomic mass is 35.5. The van der Waals surface area contributed by atoms with Crippen molar-refractivity contribution >= 4 is 12.4 Å². The molecule has 0 aromatic carbocycles. The summed E-state index contributed by atoms with van der Waals surface area (Å²) in [7, 11) is 0. The number of nitrogens with zero attached hydrogens (tertiary/aromatic N) is 3. The molecule has 0 spiro atoms. The fourth-order valence-corrected chi connectivity index (χ4v) is 0.759. The monoisotopic (exact) mass is 191 g/mol. The molecule has 0 saturated carbocycles. The predicted octanol–water partition coefficient (Wildman–Crippen LogP) is 0.511. The Kier molecular flexibility index (Phi) is 6.60. The van der Waals surface area contributed by atoms with Gasteiger partial charge in [0.2, 0.25) is 0 Å². The Labute approximate surface area is 77.7 Å². The first kappa shape index (κ1) is 11.3. The lowest BCUT2D eigenvalue weighted by Gasteiger charge is -1.97. The number of hydrogen-bond acceptors (Lipinski definition) is 4. The van der Waals surface area contributed by atoms with E-state index in [0.717, 1.165) is 12.4 Å². The molecule has 1 aromatic rings. The molecule has 0 aliphatic rings. The summed E-state index contributed by atoms with van der Waals surface area (Å²) in [5.74, 6) is 0.723. The lowest BCUT2D eigenvalue weighted by molar-refractivity contribution is 0.623. The summed E-state index contributed by atoms with van der Waals surface area (Å²) in [6, 6.07) is 0. The van der Waals surface area contributed by atoms with E-state index in [9.17, 15) is 0 Å². The summed E-state index contributed by atoms with van der Waals surface area (Å²) in [6.07, 6.45) is 2.40. The van der Waals surface area contributed by atoms with Crippen LogP contribution in [0.15, 0.2) is 0 Å². The van der Waals surface area contributed by atoms with Crippen molar-refractivity contribution in [3.05, 3.63) is 5.82 Å². The van der Waals surface area contributed by atoms with Gasteiger partial charge in [-0.2, -0.15) is 5.21 Å². The van der Waals surface area contributed by atoms with Gasteiger partial charge in [-0.3, -0.25) is 0 Å². The maximum atomic E-state index is 3.80. The average Bonchev–Trinajstić information content (AvgIpc) is 2.50. The van der Waals surface area contributed by atoms with E-state index in [1.807, 2.05) is 0 Å². The Bertz CT molecular complexity index is 176. The van der Waals surface area contributed by atoms with Crippen LogP contribution >= 0.6 is 12.4 Å². The molecule has 0 amide bonds. The fraction of sp³-hybridized carbons (Fsp3) is 0.833. The number of unbranched alkanes of at least 4 members (excludes halogenated alkanes) is 1. The summed E-state index contributed by atoms with van der Waals surface area (Å²) in [5, 5.41) is 16.7. The van der Waals surface area contributed by atoms with E-state index in [4.69, 9.17) is 0 Å². The SMILES string of the molecule is CCCCNCc1nn[nH]n1.Cl. The zero-order chi connectivity index (χ0) is 7.94. The number of rotatable bonds is 5. The highest BCUT2D eigenvalue weighted by Crippen LogP contribution is 1.85. The van der Waals surface area contributed by atoms with Gasteiger partial charge in [-0.05, 0) is 13.0 Å². The predicted molar refractivity (Wildman–Crippen MR) is 48.0 cm³/mol. The lowest BCUT2D eigenvalue weighted by atomic mass is 10.3. The molecule has 2 N–H and O–H groups in total. The summed E-state index contributed by atoms with van der Waals surface area (Å²) in [4.78, 5) is 0. The zero-order valence-electron chi connectivity index (χ0n) is 7.08. The topological polar surface area (TPSA) is 66.5 Å². The van der Waals surface area contributed by atoms with Gasteiger partial charge in [0.1, 0.15) is 0 Å². The van der Waals surface area contributed by atoms with Crippen molar-refractivity contribution in [3.8, 4) is 0 Å². The largest absolute Gasteiger partial charge is 0.310 e. The number of aromatic amines is 1. The molecule has 1 heterocycles. The van der Waals surface area contributed by atoms with Crippen LogP contribution in [0.25, 0.3) is 0 Å². The first-order chi connectivity index (χ1) is 5.43. The molecule has 0 aliphatic carbocycles. The number of hydrogen-bond donors (Lipinski definition) is 2. The van der Waals surface area contributed by atoms with Gasteiger partial charge >= 0.3 is 0 Å². The zero-order valence-corrected chi connectivity index (χ0v) is 7.89. The first-order valence-corrected chi connectivity index (χ1v) is 3.86. The molecule has 0 aliphatic heterocycles. The Morgan fingerprint density at radius 3 is 2.92 bits per heavy atom. The van der Waals surface area contributed by atoms with Gasteiger partial charge in [-0.1, -0.05) is 18.6 Å². The standard InChI is InChI=1S/C6H13N5.ClH/c1-2-3-4-7-5-6-8-10-11-9-6;/h7H,2-5H2,1H3,(H,8,9,10,11);1H. The smallest absolute Gasteiger partial charge is 0.188 e. The molecule has 1 rings (SSSR count). The van der Waals surface area contributed by atoms with E-state index in [-0.39, 0.29) is 12.4 Å². The summed E-state index contributed by atoms with van der Waals surface area (Å²) in [6.45, 7) is 3.89. The Hall–Kier alpha value is -0.680. The second-order valence-corrected chi connectivity index (χ2v) is 2.36. The summed E-state index contributed by atoms with van der Waals surface area (Å²) in [5.41, 5.74) is 0. The van der Waals surface area contributed by atoms with E-state index in [2.05, 4.69) is 32.9 Å². The van der Waals surface area contributed by atoms with E-state index in [1.54, 1.807) is 0 Å². The number of tetrazole rings is 1. The maximum Gasteiger partial charge on any atom is 0.188 e. The van der Waals surface area contributed by atoms with Crippen LogP contribution in [0.2, 0.25) is 0 Å². The van der Waals surface area contributed by atoms with E-state index >= 15 is 0 Å². The van der Waals surface area contributed by atoms with Gasteiger partial charge in [0.25, 0.3) is 0 Å². The molecule has 0 bridgehead atoms. The minimum Gasteiger partial charge on any atom is -0.310 e. The van der Waals surface area contributed by atoms with Gasteiger partial charge < -0.3 is 5.32 Å². The van der Waals surface area contributed by atoms with Crippen LogP contribution < -0.4 is 5.32 Å². The van der Waals surface area contributed by atoms with Crippen LogP contribution in [0.5, 0.6) is 0 Å². The molecule has 5 nitrogen and oxygen atoms in total. The van der Waals surface area contributed by atoms with Crippen molar-refractivity contribution in [3.63, 3.8) is 0 Å². The molecule has 0 unspecified atom stereocenters. The van der Waals surface area contributed by atoms with Crippen molar-refractivity contribution in [2.24, 2.45) is 0 Å². The minimum absolute atomic E-state index is 0. The van der Waals surface area contributed by atoms with Crippen LogP contribution in [0, 0.1) is 0 Å². The highest BCUT2D eigenvalue weighted by molar-refractivity contribution is 5.85. The number of nitrogens with one attached hydrogen (secondary N) is 2. The lowest BCUT2D eigenvalue weighted by Crippen LogP contribution is -2.15. The molecule has 0 saturated heterocycles. The number of halogens is 1. The quantitative estimate of drug-likeness (QED) is 0.666. The van der Waals surface area contributed by atoms with Crippen LogP contribution in [0.1, 0.15) is 25.6 Å². The molecule has 12 heavy (non-hydrogen) atoms. The van der Waals surface area contributed by atoms with E-state index in [0.29, 0.717) is 6.54 Å². The van der Waals surface area contributed by atoms with Crippen LogP contribution in [0.4, 0.5) is 0 Å². The minimum atomic E-state index is 0. The molecule has 0 radical (unpaired) electrons. The van der Waals surface area contributed by atoms with Gasteiger partial charge in [0, 0.05) is 0 Å². The molecule has 70 valence electrons. The summed E-state index contributed by atoms with van der Waals surface area (Å²) < 4.78 is 0. The maximum absolute atomic E-state index is 3.80. The fourth-order valence-electron chi connectivity index (χ4n) is 0.759.